The molecule has 1 aromatic carbocycles. The van der Waals surface area contributed by atoms with Gasteiger partial charge in [0.15, 0.2) is 0 Å². The summed E-state index contributed by atoms with van der Waals surface area (Å²) in [7, 11) is 1.95. The van der Waals surface area contributed by atoms with E-state index in [0.29, 0.717) is 0 Å². The first-order valence-electron chi connectivity index (χ1n) is 6.30. The highest BCUT2D eigenvalue weighted by atomic mass is 16.3. The van der Waals surface area contributed by atoms with Gasteiger partial charge in [-0.05, 0) is 30.9 Å². The summed E-state index contributed by atoms with van der Waals surface area (Å²) in [5.74, 6) is 0.169. The fraction of sp³-hybridized carbons (Fsp3) is 0.400. The second-order valence-electron chi connectivity index (χ2n) is 4.94. The molecule has 3 heteroatoms. The monoisotopic (exact) mass is 244 g/mol. The predicted molar refractivity (Wildman–Crippen MR) is 72.2 cm³/mol. The Balaban J connectivity index is 2.08. The van der Waals surface area contributed by atoms with Crippen LogP contribution in [0.3, 0.4) is 0 Å². The fourth-order valence-corrected chi connectivity index (χ4v) is 2.28. The van der Waals surface area contributed by atoms with Crippen molar-refractivity contribution in [2.24, 2.45) is 13.0 Å². The molecule has 2 rings (SSSR count). The molecule has 0 bridgehead atoms. The van der Waals surface area contributed by atoms with Crippen LogP contribution < -0.4 is 0 Å². The van der Waals surface area contributed by atoms with E-state index < -0.39 is 6.10 Å². The van der Waals surface area contributed by atoms with Gasteiger partial charge in [-0.2, -0.15) is 5.10 Å². The highest BCUT2D eigenvalue weighted by Gasteiger charge is 2.18. The second kappa shape index (κ2) is 5.36. The van der Waals surface area contributed by atoms with Crippen molar-refractivity contribution in [1.82, 2.24) is 9.78 Å². The van der Waals surface area contributed by atoms with Crippen molar-refractivity contribution < 1.29 is 5.11 Å². The molecule has 0 spiro atoms. The van der Waals surface area contributed by atoms with Crippen molar-refractivity contribution in [3.8, 4) is 0 Å². The molecule has 2 atom stereocenters. The number of nitrogens with zero attached hydrogens (tertiary/aromatic N) is 2. The van der Waals surface area contributed by atoms with E-state index in [2.05, 4.69) is 18.1 Å². The van der Waals surface area contributed by atoms with Crippen LogP contribution in [0.4, 0.5) is 0 Å². The summed E-state index contributed by atoms with van der Waals surface area (Å²) in [6, 6.07) is 11.9. The molecule has 2 unspecified atom stereocenters. The SMILES string of the molecule is Cc1cc(CC(C)C(O)c2ccccc2)n(C)n1. The summed E-state index contributed by atoms with van der Waals surface area (Å²) >= 11 is 0. The maximum atomic E-state index is 10.3. The summed E-state index contributed by atoms with van der Waals surface area (Å²) in [6.45, 7) is 4.06. The molecular weight excluding hydrogens is 224 g/mol. The zero-order valence-corrected chi connectivity index (χ0v) is 11.2. The van der Waals surface area contributed by atoms with Crippen LogP contribution in [0.2, 0.25) is 0 Å². The molecule has 0 aliphatic heterocycles. The average Bonchev–Trinajstić information content (AvgIpc) is 2.68. The first kappa shape index (κ1) is 12.8. The van der Waals surface area contributed by atoms with Crippen LogP contribution in [0.1, 0.15) is 30.0 Å². The molecule has 1 heterocycles. The molecule has 1 N–H and O–H groups in total. The third-order valence-electron chi connectivity index (χ3n) is 3.31. The standard InChI is InChI=1S/C15H20N2O/c1-11(9-14-10-12(2)16-17(14)3)15(18)13-7-5-4-6-8-13/h4-8,10-11,15,18H,9H2,1-3H3. The minimum atomic E-state index is -0.429. The summed E-state index contributed by atoms with van der Waals surface area (Å²) < 4.78 is 1.89. The van der Waals surface area contributed by atoms with Crippen molar-refractivity contribution in [3.05, 3.63) is 53.3 Å². The van der Waals surface area contributed by atoms with Crippen LogP contribution in [0.5, 0.6) is 0 Å². The minimum absolute atomic E-state index is 0.169. The molecule has 0 aliphatic rings. The van der Waals surface area contributed by atoms with Gasteiger partial charge < -0.3 is 5.11 Å². The molecule has 96 valence electrons. The van der Waals surface area contributed by atoms with Gasteiger partial charge in [0.2, 0.25) is 0 Å². The van der Waals surface area contributed by atoms with Gasteiger partial charge in [0, 0.05) is 12.7 Å². The van der Waals surface area contributed by atoms with Gasteiger partial charge in [0.1, 0.15) is 0 Å². The molecule has 1 aromatic heterocycles. The van der Waals surface area contributed by atoms with Gasteiger partial charge in [-0.1, -0.05) is 37.3 Å². The summed E-state index contributed by atoms with van der Waals surface area (Å²) in [6.07, 6.45) is 0.398. The largest absolute Gasteiger partial charge is 0.388 e. The lowest BCUT2D eigenvalue weighted by Gasteiger charge is -2.19. The number of aliphatic hydroxyl groups is 1. The maximum Gasteiger partial charge on any atom is 0.0819 e. The zero-order valence-electron chi connectivity index (χ0n) is 11.2. The molecular formula is C15H20N2O. The van der Waals surface area contributed by atoms with Crippen LogP contribution in [-0.4, -0.2) is 14.9 Å². The molecule has 0 radical (unpaired) electrons. The third-order valence-corrected chi connectivity index (χ3v) is 3.31. The number of aryl methyl sites for hydroxylation is 2. The summed E-state index contributed by atoms with van der Waals surface area (Å²) in [5, 5.41) is 14.6. The van der Waals surface area contributed by atoms with Crippen LogP contribution in [0, 0.1) is 12.8 Å². The smallest absolute Gasteiger partial charge is 0.0819 e. The van der Waals surface area contributed by atoms with Crippen LogP contribution in [-0.2, 0) is 13.5 Å². The van der Waals surface area contributed by atoms with Gasteiger partial charge in [0.05, 0.1) is 11.8 Å². The quantitative estimate of drug-likeness (QED) is 0.898. The maximum absolute atomic E-state index is 10.3. The van der Waals surface area contributed by atoms with Crippen LogP contribution >= 0.6 is 0 Å². The zero-order chi connectivity index (χ0) is 13.1. The second-order valence-corrected chi connectivity index (χ2v) is 4.94. The normalized spacial score (nSPS) is 14.4. The number of hydrogen-bond donors (Lipinski definition) is 1. The topological polar surface area (TPSA) is 38.0 Å². The van der Waals surface area contributed by atoms with Gasteiger partial charge in [-0.3, -0.25) is 4.68 Å². The molecule has 3 nitrogen and oxygen atoms in total. The number of aromatic nitrogens is 2. The van der Waals surface area contributed by atoms with E-state index in [9.17, 15) is 5.11 Å². The molecule has 18 heavy (non-hydrogen) atoms. The number of rotatable bonds is 4. The van der Waals surface area contributed by atoms with E-state index in [1.54, 1.807) is 0 Å². The summed E-state index contributed by atoms with van der Waals surface area (Å²) in [4.78, 5) is 0. The lowest BCUT2D eigenvalue weighted by atomic mass is 9.93. The van der Waals surface area contributed by atoms with E-state index in [1.165, 1.54) is 0 Å². The molecule has 0 saturated carbocycles. The van der Waals surface area contributed by atoms with E-state index in [4.69, 9.17) is 0 Å². The number of hydrogen-bond acceptors (Lipinski definition) is 2. The molecule has 0 aliphatic carbocycles. The van der Waals surface area contributed by atoms with E-state index in [1.807, 2.05) is 49.0 Å². The molecule has 0 amide bonds. The van der Waals surface area contributed by atoms with Crippen molar-refractivity contribution >= 4 is 0 Å². The van der Waals surface area contributed by atoms with Crippen LogP contribution in [0.15, 0.2) is 36.4 Å². The van der Waals surface area contributed by atoms with Gasteiger partial charge in [-0.25, -0.2) is 0 Å². The van der Waals surface area contributed by atoms with Gasteiger partial charge in [0.25, 0.3) is 0 Å². The Morgan fingerprint density at radius 2 is 1.94 bits per heavy atom. The molecule has 0 fully saturated rings. The first-order valence-corrected chi connectivity index (χ1v) is 6.30. The third kappa shape index (κ3) is 2.79. The predicted octanol–water partition coefficient (Wildman–Crippen LogP) is 2.64. The van der Waals surface area contributed by atoms with Crippen LogP contribution in [0.25, 0.3) is 0 Å². The highest BCUT2D eigenvalue weighted by molar-refractivity contribution is 5.19. The first-order chi connectivity index (χ1) is 8.58. The number of benzene rings is 1. The highest BCUT2D eigenvalue weighted by Crippen LogP contribution is 2.24. The molecule has 2 aromatic rings. The van der Waals surface area contributed by atoms with E-state index >= 15 is 0 Å². The Bertz CT molecular complexity index is 504. The van der Waals surface area contributed by atoms with E-state index in [-0.39, 0.29) is 5.92 Å². The van der Waals surface area contributed by atoms with Crippen molar-refractivity contribution in [2.45, 2.75) is 26.4 Å². The number of aliphatic hydroxyl groups excluding tert-OH is 1. The van der Waals surface area contributed by atoms with E-state index in [0.717, 1.165) is 23.4 Å². The lowest BCUT2D eigenvalue weighted by Crippen LogP contribution is -2.13. The Kier molecular flexibility index (Phi) is 3.82. The van der Waals surface area contributed by atoms with Gasteiger partial charge >= 0.3 is 0 Å². The van der Waals surface area contributed by atoms with Crippen molar-refractivity contribution in [1.29, 1.82) is 0 Å². The molecule has 0 saturated heterocycles. The van der Waals surface area contributed by atoms with Crippen molar-refractivity contribution in [2.75, 3.05) is 0 Å². The lowest BCUT2D eigenvalue weighted by molar-refractivity contribution is 0.116. The fourth-order valence-electron chi connectivity index (χ4n) is 2.28. The minimum Gasteiger partial charge on any atom is -0.388 e. The summed E-state index contributed by atoms with van der Waals surface area (Å²) in [5.41, 5.74) is 3.16. The Morgan fingerprint density at radius 3 is 2.50 bits per heavy atom. The Labute approximate surface area is 108 Å². The Morgan fingerprint density at radius 1 is 1.28 bits per heavy atom. The average molecular weight is 244 g/mol. The van der Waals surface area contributed by atoms with Crippen molar-refractivity contribution in [3.63, 3.8) is 0 Å². The Hall–Kier alpha value is -1.61. The van der Waals surface area contributed by atoms with Gasteiger partial charge in [-0.15, -0.1) is 0 Å².